The Morgan fingerprint density at radius 2 is 1.68 bits per heavy atom. The van der Waals surface area contributed by atoms with E-state index in [1.54, 1.807) is 0 Å². The highest BCUT2D eigenvalue weighted by Gasteiger charge is 2.54. The van der Waals surface area contributed by atoms with Crippen LogP contribution in [-0.4, -0.2) is 23.3 Å². The minimum atomic E-state index is -0.447. The smallest absolute Gasteiger partial charge is 0.235 e. The van der Waals surface area contributed by atoms with Gasteiger partial charge in [-0.1, -0.05) is 26.7 Å². The SMILES string of the molecule is CCCC1(CCC)CCC2(CC1)CC(=O)N(CCC#N)C2=O. The molecule has 1 heterocycles. The molecule has 0 bridgehead atoms. The summed E-state index contributed by atoms with van der Waals surface area (Å²) in [5.41, 5.74) is -0.0598. The Hall–Kier alpha value is -1.37. The predicted molar refractivity (Wildman–Crippen MR) is 84.7 cm³/mol. The molecule has 0 atom stereocenters. The summed E-state index contributed by atoms with van der Waals surface area (Å²) in [6.45, 7) is 4.73. The van der Waals surface area contributed by atoms with Gasteiger partial charge in [0.1, 0.15) is 0 Å². The first kappa shape index (κ1) is 17.0. The van der Waals surface area contributed by atoms with E-state index in [0.717, 1.165) is 25.7 Å². The van der Waals surface area contributed by atoms with Crippen molar-refractivity contribution in [2.75, 3.05) is 6.54 Å². The molecule has 2 aliphatic rings. The van der Waals surface area contributed by atoms with Crippen molar-refractivity contribution in [3.63, 3.8) is 0 Å². The fraction of sp³-hybridized carbons (Fsp3) is 0.833. The van der Waals surface area contributed by atoms with E-state index in [0.29, 0.717) is 11.8 Å². The minimum absolute atomic E-state index is 0.00523. The van der Waals surface area contributed by atoms with E-state index in [4.69, 9.17) is 5.26 Å². The van der Waals surface area contributed by atoms with Gasteiger partial charge in [0.2, 0.25) is 11.8 Å². The number of carbonyl (C=O) groups is 2. The van der Waals surface area contributed by atoms with Crippen molar-refractivity contribution in [2.45, 2.75) is 78.1 Å². The fourth-order valence-corrected chi connectivity index (χ4v) is 4.58. The zero-order valence-corrected chi connectivity index (χ0v) is 14.0. The summed E-state index contributed by atoms with van der Waals surface area (Å²) in [6, 6.07) is 2.03. The van der Waals surface area contributed by atoms with Gasteiger partial charge in [0.25, 0.3) is 0 Å². The second kappa shape index (κ2) is 6.81. The summed E-state index contributed by atoms with van der Waals surface area (Å²) in [5, 5.41) is 8.69. The zero-order chi connectivity index (χ0) is 16.2. The third-order valence-corrected chi connectivity index (χ3v) is 5.77. The average Bonchev–Trinajstić information content (AvgIpc) is 2.72. The maximum absolute atomic E-state index is 12.7. The monoisotopic (exact) mass is 304 g/mol. The van der Waals surface area contributed by atoms with Crippen molar-refractivity contribution in [1.29, 1.82) is 5.26 Å². The molecule has 1 saturated carbocycles. The molecule has 122 valence electrons. The molecule has 4 nitrogen and oxygen atoms in total. The van der Waals surface area contributed by atoms with Crippen LogP contribution in [0.4, 0.5) is 0 Å². The van der Waals surface area contributed by atoms with Crippen LogP contribution in [-0.2, 0) is 9.59 Å². The van der Waals surface area contributed by atoms with Crippen LogP contribution in [0.25, 0.3) is 0 Å². The first-order valence-corrected chi connectivity index (χ1v) is 8.74. The zero-order valence-electron chi connectivity index (χ0n) is 14.0. The summed E-state index contributed by atoms with van der Waals surface area (Å²) >= 11 is 0. The Morgan fingerprint density at radius 3 is 2.18 bits per heavy atom. The predicted octanol–water partition coefficient (Wildman–Crippen LogP) is 3.81. The van der Waals surface area contributed by atoms with Gasteiger partial charge in [0.15, 0.2) is 0 Å². The molecule has 4 heteroatoms. The van der Waals surface area contributed by atoms with Crippen LogP contribution in [0.5, 0.6) is 0 Å². The van der Waals surface area contributed by atoms with Gasteiger partial charge in [-0.15, -0.1) is 0 Å². The lowest BCUT2D eigenvalue weighted by molar-refractivity contribution is -0.142. The highest BCUT2D eigenvalue weighted by molar-refractivity contribution is 6.05. The minimum Gasteiger partial charge on any atom is -0.281 e. The average molecular weight is 304 g/mol. The van der Waals surface area contributed by atoms with Gasteiger partial charge in [0, 0.05) is 13.0 Å². The quantitative estimate of drug-likeness (QED) is 0.701. The molecule has 1 aliphatic heterocycles. The number of rotatable bonds is 6. The number of hydrogen-bond donors (Lipinski definition) is 0. The van der Waals surface area contributed by atoms with Crippen LogP contribution < -0.4 is 0 Å². The number of carbonyl (C=O) groups excluding carboxylic acids is 2. The van der Waals surface area contributed by atoms with Crippen molar-refractivity contribution in [2.24, 2.45) is 10.8 Å². The summed E-state index contributed by atoms with van der Waals surface area (Å²) in [7, 11) is 0. The number of nitrogens with zero attached hydrogens (tertiary/aromatic N) is 2. The van der Waals surface area contributed by atoms with E-state index in [1.807, 2.05) is 6.07 Å². The van der Waals surface area contributed by atoms with Crippen LogP contribution in [0.1, 0.15) is 78.1 Å². The lowest BCUT2D eigenvalue weighted by Gasteiger charge is -2.44. The lowest BCUT2D eigenvalue weighted by atomic mass is 9.60. The molecule has 0 aromatic carbocycles. The molecular formula is C18H28N2O2. The molecule has 1 spiro atoms. The first-order chi connectivity index (χ1) is 10.5. The normalized spacial score (nSPS) is 23.0. The Balaban J connectivity index is 2.07. The van der Waals surface area contributed by atoms with Crippen molar-refractivity contribution in [3.05, 3.63) is 0 Å². The topological polar surface area (TPSA) is 61.2 Å². The van der Waals surface area contributed by atoms with Gasteiger partial charge >= 0.3 is 0 Å². The van der Waals surface area contributed by atoms with Crippen molar-refractivity contribution in [3.8, 4) is 6.07 Å². The Morgan fingerprint density at radius 1 is 1.09 bits per heavy atom. The van der Waals surface area contributed by atoms with E-state index >= 15 is 0 Å². The van der Waals surface area contributed by atoms with Gasteiger partial charge in [-0.25, -0.2) is 0 Å². The number of likely N-dealkylation sites (tertiary alicyclic amines) is 1. The summed E-state index contributed by atoms with van der Waals surface area (Å²) in [5.74, 6) is -0.0759. The maximum Gasteiger partial charge on any atom is 0.235 e. The maximum atomic E-state index is 12.7. The molecule has 0 N–H and O–H groups in total. The number of nitriles is 1. The van der Waals surface area contributed by atoms with Crippen molar-refractivity contribution >= 4 is 11.8 Å². The molecule has 22 heavy (non-hydrogen) atoms. The van der Waals surface area contributed by atoms with Crippen molar-refractivity contribution < 1.29 is 9.59 Å². The van der Waals surface area contributed by atoms with Crippen LogP contribution in [0, 0.1) is 22.2 Å². The summed E-state index contributed by atoms with van der Waals surface area (Å²) in [6.07, 6.45) is 9.28. The van der Waals surface area contributed by atoms with Crippen LogP contribution in [0.2, 0.25) is 0 Å². The third kappa shape index (κ3) is 3.04. The molecule has 2 rings (SSSR count). The third-order valence-electron chi connectivity index (χ3n) is 5.77. The van der Waals surface area contributed by atoms with Gasteiger partial charge in [-0.2, -0.15) is 5.26 Å². The number of amides is 2. The van der Waals surface area contributed by atoms with E-state index in [9.17, 15) is 9.59 Å². The molecule has 2 amide bonds. The van der Waals surface area contributed by atoms with E-state index in [2.05, 4.69) is 13.8 Å². The molecule has 2 fully saturated rings. The fourth-order valence-electron chi connectivity index (χ4n) is 4.58. The molecule has 1 aliphatic carbocycles. The Labute approximate surface area is 133 Å². The number of imide groups is 1. The first-order valence-electron chi connectivity index (χ1n) is 8.74. The lowest BCUT2D eigenvalue weighted by Crippen LogP contribution is -2.41. The second-order valence-electron chi connectivity index (χ2n) is 7.22. The molecule has 0 radical (unpaired) electrons. The number of hydrogen-bond acceptors (Lipinski definition) is 3. The molecule has 1 saturated heterocycles. The van der Waals surface area contributed by atoms with Crippen LogP contribution >= 0.6 is 0 Å². The summed E-state index contributed by atoms with van der Waals surface area (Å²) in [4.78, 5) is 26.2. The van der Waals surface area contributed by atoms with E-state index in [1.165, 1.54) is 30.6 Å². The second-order valence-corrected chi connectivity index (χ2v) is 7.22. The van der Waals surface area contributed by atoms with Gasteiger partial charge in [-0.3, -0.25) is 14.5 Å². The van der Waals surface area contributed by atoms with Gasteiger partial charge in [-0.05, 0) is 43.9 Å². The Bertz CT molecular complexity index is 462. The molecule has 0 unspecified atom stereocenters. The molecular weight excluding hydrogens is 276 g/mol. The molecule has 0 aromatic rings. The highest BCUT2D eigenvalue weighted by Crippen LogP contribution is 2.54. The Kier molecular flexibility index (Phi) is 5.26. The van der Waals surface area contributed by atoms with Gasteiger partial charge < -0.3 is 0 Å². The van der Waals surface area contributed by atoms with Gasteiger partial charge in [0.05, 0.1) is 17.9 Å². The molecule has 0 aromatic heterocycles. The summed E-state index contributed by atoms with van der Waals surface area (Å²) < 4.78 is 0. The van der Waals surface area contributed by atoms with Crippen LogP contribution in [0.3, 0.4) is 0 Å². The van der Waals surface area contributed by atoms with E-state index in [-0.39, 0.29) is 24.8 Å². The standard InChI is InChI=1S/C18H28N2O2/c1-3-6-17(7-4-2)8-10-18(11-9-17)14-15(21)20(16(18)22)13-5-12-19/h3-11,13-14H2,1-2H3. The van der Waals surface area contributed by atoms with E-state index < -0.39 is 5.41 Å². The largest absolute Gasteiger partial charge is 0.281 e. The highest BCUT2D eigenvalue weighted by atomic mass is 16.2. The van der Waals surface area contributed by atoms with Crippen molar-refractivity contribution in [1.82, 2.24) is 4.90 Å². The van der Waals surface area contributed by atoms with Crippen LogP contribution in [0.15, 0.2) is 0 Å².